The third-order valence-electron chi connectivity index (χ3n) is 13.7. The number of carbonyl (C=O) groups excluding carboxylic acids is 3. The van der Waals surface area contributed by atoms with Crippen molar-refractivity contribution in [3.8, 4) is 0 Å². The van der Waals surface area contributed by atoms with Crippen molar-refractivity contribution < 1.29 is 42.9 Å². The van der Waals surface area contributed by atoms with Gasteiger partial charge in [0.25, 0.3) is 0 Å². The largest absolute Gasteiger partial charge is 0.545 e. The van der Waals surface area contributed by atoms with Crippen LogP contribution in [-0.4, -0.2) is 82.3 Å². The SMILES string of the molecule is CCC/C=C\C/C=C\CCCCCCCC(=O)OCC(COC(OCC[N+](C)(C)C)C(=O)[O-])OC(=O)CCCCCCCCCCCCCCCCCCCCCCCC/C=C\C/C=C\C/C=C\CCCCCCC. The van der Waals surface area contributed by atoms with Gasteiger partial charge in [-0.05, 0) is 77.0 Å². The van der Waals surface area contributed by atoms with Crippen molar-refractivity contribution in [2.75, 3.05) is 47.5 Å². The summed E-state index contributed by atoms with van der Waals surface area (Å²) in [5, 5.41) is 11.8. The van der Waals surface area contributed by atoms with E-state index in [0.717, 1.165) is 77.0 Å². The van der Waals surface area contributed by atoms with Crippen molar-refractivity contribution in [1.29, 1.82) is 0 Å². The number of carboxylic acids is 1. The number of carbonyl (C=O) groups is 3. The highest BCUT2D eigenvalue weighted by Gasteiger charge is 2.22. The van der Waals surface area contributed by atoms with Gasteiger partial charge >= 0.3 is 11.9 Å². The molecule has 0 aromatic carbocycles. The van der Waals surface area contributed by atoms with E-state index < -0.39 is 24.3 Å². The first-order chi connectivity index (χ1) is 36.6. The molecule has 0 spiro atoms. The molecule has 0 saturated heterocycles. The summed E-state index contributed by atoms with van der Waals surface area (Å²) in [6.45, 7) is 4.67. The topological polar surface area (TPSA) is 111 Å². The van der Waals surface area contributed by atoms with Gasteiger partial charge in [-0.25, -0.2) is 0 Å². The van der Waals surface area contributed by atoms with Gasteiger partial charge in [-0.3, -0.25) is 9.59 Å². The highest BCUT2D eigenvalue weighted by atomic mass is 16.7. The Morgan fingerprint density at radius 3 is 1.12 bits per heavy atom. The predicted molar refractivity (Wildman–Crippen MR) is 315 cm³/mol. The first-order valence-corrected chi connectivity index (χ1v) is 31.4. The maximum atomic E-state index is 12.9. The molecule has 0 bridgehead atoms. The lowest BCUT2D eigenvalue weighted by molar-refractivity contribution is -0.870. The maximum Gasteiger partial charge on any atom is 0.306 e. The third kappa shape index (κ3) is 58.5. The number of aliphatic carboxylic acids is 1. The molecular weight excluding hydrogens is 935 g/mol. The fraction of sp³-hybridized carbons (Fsp3) is 0.803. The van der Waals surface area contributed by atoms with E-state index in [9.17, 15) is 19.5 Å². The van der Waals surface area contributed by atoms with Crippen molar-refractivity contribution in [3.63, 3.8) is 0 Å². The minimum Gasteiger partial charge on any atom is -0.545 e. The Morgan fingerprint density at radius 1 is 0.400 bits per heavy atom. The van der Waals surface area contributed by atoms with Gasteiger partial charge in [-0.15, -0.1) is 0 Å². The number of ether oxygens (including phenoxy) is 4. The number of nitrogens with zero attached hydrogens (tertiary/aromatic N) is 1. The Balaban J connectivity index is 3.99. The van der Waals surface area contributed by atoms with E-state index >= 15 is 0 Å². The molecule has 436 valence electrons. The van der Waals surface area contributed by atoms with Gasteiger partial charge in [0.15, 0.2) is 12.4 Å². The van der Waals surface area contributed by atoms with Crippen LogP contribution in [0.5, 0.6) is 0 Å². The van der Waals surface area contributed by atoms with E-state index in [4.69, 9.17) is 18.9 Å². The number of esters is 2. The molecule has 0 saturated carbocycles. The Labute approximate surface area is 463 Å². The van der Waals surface area contributed by atoms with Crippen LogP contribution in [0.2, 0.25) is 0 Å². The molecule has 0 heterocycles. The van der Waals surface area contributed by atoms with E-state index in [1.165, 1.54) is 173 Å². The lowest BCUT2D eigenvalue weighted by Crippen LogP contribution is -2.44. The van der Waals surface area contributed by atoms with Crippen LogP contribution in [0.4, 0.5) is 0 Å². The highest BCUT2D eigenvalue weighted by molar-refractivity contribution is 5.70. The number of allylic oxidation sites excluding steroid dienone is 10. The quantitative estimate of drug-likeness (QED) is 0.0195. The lowest BCUT2D eigenvalue weighted by atomic mass is 10.0. The summed E-state index contributed by atoms with van der Waals surface area (Å²) in [5.41, 5.74) is 0. The maximum absolute atomic E-state index is 12.9. The number of likely N-dealkylation sites (N-methyl/N-ethyl adjacent to an activating group) is 1. The fourth-order valence-corrected chi connectivity index (χ4v) is 8.88. The van der Waals surface area contributed by atoms with Crippen LogP contribution in [0.25, 0.3) is 0 Å². The lowest BCUT2D eigenvalue weighted by Gasteiger charge is -2.26. The zero-order valence-electron chi connectivity index (χ0n) is 49.7. The molecule has 0 amide bonds. The number of unbranched alkanes of at least 4 members (excludes halogenated alkanes) is 33. The van der Waals surface area contributed by atoms with Crippen molar-refractivity contribution in [3.05, 3.63) is 60.8 Å². The van der Waals surface area contributed by atoms with Crippen molar-refractivity contribution in [1.82, 2.24) is 0 Å². The molecule has 0 aromatic heterocycles. The van der Waals surface area contributed by atoms with Gasteiger partial charge in [0, 0.05) is 12.8 Å². The third-order valence-corrected chi connectivity index (χ3v) is 13.7. The van der Waals surface area contributed by atoms with Gasteiger partial charge in [0.1, 0.15) is 13.2 Å². The zero-order chi connectivity index (χ0) is 54.8. The molecule has 9 nitrogen and oxygen atoms in total. The summed E-state index contributed by atoms with van der Waals surface area (Å²) in [6, 6.07) is 0. The van der Waals surface area contributed by atoms with Crippen LogP contribution in [0, 0.1) is 0 Å². The molecule has 0 aliphatic rings. The number of hydrogen-bond acceptors (Lipinski definition) is 8. The smallest absolute Gasteiger partial charge is 0.306 e. The molecule has 0 rings (SSSR count). The van der Waals surface area contributed by atoms with Crippen LogP contribution in [0.15, 0.2) is 60.8 Å². The molecule has 75 heavy (non-hydrogen) atoms. The fourth-order valence-electron chi connectivity index (χ4n) is 8.88. The second-order valence-corrected chi connectivity index (χ2v) is 22.3. The second-order valence-electron chi connectivity index (χ2n) is 22.3. The Hall–Kier alpha value is -3.01. The molecule has 0 fully saturated rings. The first kappa shape index (κ1) is 72.0. The van der Waals surface area contributed by atoms with E-state index in [2.05, 4.69) is 74.6 Å². The van der Waals surface area contributed by atoms with Gasteiger partial charge in [0.2, 0.25) is 0 Å². The standard InChI is InChI=1S/C66H119NO8/c1-6-8-10-12-14-16-18-20-21-22-23-24-25-26-27-28-29-30-31-32-33-34-35-36-37-38-39-40-41-42-43-45-47-49-51-53-55-57-64(69)75-62(61-74-66(65(70)71)72-59-58-67(3,4)5)60-73-63(68)56-54-52-50-48-46-44-19-17-15-13-11-9-7-2/h11,13,17-20,22-23,25-26,62,66H,6-10,12,14-16,21,24,27-61H2,1-5H3/b13-11-,19-17-,20-18-,23-22-,26-25-. The van der Waals surface area contributed by atoms with Crippen LogP contribution >= 0.6 is 0 Å². The molecule has 0 aromatic rings. The summed E-state index contributed by atoms with van der Waals surface area (Å²) in [6.07, 6.45) is 70.2. The molecule has 0 aliphatic carbocycles. The van der Waals surface area contributed by atoms with Gasteiger partial charge in [-0.1, -0.05) is 254 Å². The van der Waals surface area contributed by atoms with Gasteiger partial charge < -0.3 is 33.3 Å². The summed E-state index contributed by atoms with van der Waals surface area (Å²) >= 11 is 0. The average molecular weight is 1050 g/mol. The molecule has 2 unspecified atom stereocenters. The molecule has 2 atom stereocenters. The Bertz CT molecular complexity index is 1410. The number of quaternary nitrogens is 1. The zero-order valence-corrected chi connectivity index (χ0v) is 49.7. The second kappa shape index (κ2) is 57.2. The average Bonchev–Trinajstić information content (AvgIpc) is 3.38. The number of rotatable bonds is 58. The monoisotopic (exact) mass is 1050 g/mol. The Morgan fingerprint density at radius 2 is 0.747 bits per heavy atom. The number of hydrogen-bond donors (Lipinski definition) is 0. The summed E-state index contributed by atoms with van der Waals surface area (Å²) in [5.74, 6) is -2.29. The summed E-state index contributed by atoms with van der Waals surface area (Å²) in [4.78, 5) is 37.2. The predicted octanol–water partition coefficient (Wildman–Crippen LogP) is 17.5. The van der Waals surface area contributed by atoms with Crippen LogP contribution in [0.3, 0.4) is 0 Å². The van der Waals surface area contributed by atoms with E-state index in [1.54, 1.807) is 0 Å². The molecule has 9 heteroatoms. The molecule has 0 aliphatic heterocycles. The van der Waals surface area contributed by atoms with Crippen molar-refractivity contribution in [2.24, 2.45) is 0 Å². The van der Waals surface area contributed by atoms with Gasteiger partial charge in [0.05, 0.1) is 40.3 Å². The minimum absolute atomic E-state index is 0.145. The van der Waals surface area contributed by atoms with E-state index in [1.807, 2.05) is 21.1 Å². The first-order valence-electron chi connectivity index (χ1n) is 31.4. The van der Waals surface area contributed by atoms with E-state index in [0.29, 0.717) is 17.4 Å². The Kier molecular flexibility index (Phi) is 54.9. The van der Waals surface area contributed by atoms with Crippen molar-refractivity contribution >= 4 is 17.9 Å². The minimum atomic E-state index is -1.62. The van der Waals surface area contributed by atoms with Crippen LogP contribution < -0.4 is 5.11 Å². The van der Waals surface area contributed by atoms with Crippen LogP contribution in [0.1, 0.15) is 284 Å². The summed E-state index contributed by atoms with van der Waals surface area (Å²) < 4.78 is 22.7. The normalized spacial score (nSPS) is 13.1. The van der Waals surface area contributed by atoms with Gasteiger partial charge in [-0.2, -0.15) is 0 Å². The van der Waals surface area contributed by atoms with E-state index in [-0.39, 0.29) is 38.6 Å². The van der Waals surface area contributed by atoms with Crippen molar-refractivity contribution in [2.45, 2.75) is 296 Å². The number of carboxylic acid groups (broad SMARTS) is 1. The molecule has 0 radical (unpaired) electrons. The molecular formula is C66H119NO8. The summed E-state index contributed by atoms with van der Waals surface area (Å²) in [7, 11) is 5.92. The van der Waals surface area contributed by atoms with Crippen LogP contribution in [-0.2, 0) is 33.3 Å². The highest BCUT2D eigenvalue weighted by Crippen LogP contribution is 2.17. The molecule has 0 N–H and O–H groups in total.